The van der Waals surface area contributed by atoms with E-state index in [-0.39, 0.29) is 11.9 Å². The number of nitrogens with zero attached hydrogens (tertiary/aromatic N) is 1. The Morgan fingerprint density at radius 1 is 1.27 bits per heavy atom. The standard InChI is InChI=1S/C18H25N3O/c1-11(16-9-12-2-3-13(16)8-12)20-18(22)14-6-7-19-17(10-14)21-15-4-5-15/h6-7,10-13,15-16H,2-5,8-9H2,1H3,(H,19,21)(H,20,22). The number of fused-ring (bicyclic) bond motifs is 2. The number of carbonyl (C=O) groups excluding carboxylic acids is 1. The Balaban J connectivity index is 1.38. The maximum absolute atomic E-state index is 12.5. The van der Waals surface area contributed by atoms with Gasteiger partial charge in [0.25, 0.3) is 5.91 Å². The van der Waals surface area contributed by atoms with Crippen LogP contribution >= 0.6 is 0 Å². The summed E-state index contributed by atoms with van der Waals surface area (Å²) >= 11 is 0. The van der Waals surface area contributed by atoms with Gasteiger partial charge in [-0.3, -0.25) is 4.79 Å². The summed E-state index contributed by atoms with van der Waals surface area (Å²) in [4.78, 5) is 16.8. The van der Waals surface area contributed by atoms with Crippen molar-refractivity contribution in [2.24, 2.45) is 17.8 Å². The fourth-order valence-corrected chi connectivity index (χ4v) is 4.39. The summed E-state index contributed by atoms with van der Waals surface area (Å²) in [5.74, 6) is 3.29. The number of pyridine rings is 1. The molecule has 22 heavy (non-hydrogen) atoms. The fourth-order valence-electron chi connectivity index (χ4n) is 4.39. The first-order valence-corrected chi connectivity index (χ1v) is 8.72. The van der Waals surface area contributed by atoms with Crippen LogP contribution in [0.4, 0.5) is 5.82 Å². The van der Waals surface area contributed by atoms with Gasteiger partial charge in [0.2, 0.25) is 0 Å². The van der Waals surface area contributed by atoms with Gasteiger partial charge in [0.1, 0.15) is 5.82 Å². The molecular weight excluding hydrogens is 274 g/mol. The smallest absolute Gasteiger partial charge is 0.251 e. The van der Waals surface area contributed by atoms with E-state index >= 15 is 0 Å². The predicted octanol–water partition coefficient (Wildman–Crippen LogP) is 3.21. The molecule has 0 radical (unpaired) electrons. The first kappa shape index (κ1) is 14.0. The van der Waals surface area contributed by atoms with E-state index in [0.29, 0.717) is 17.5 Å². The van der Waals surface area contributed by atoms with E-state index in [9.17, 15) is 4.79 Å². The fraction of sp³-hybridized carbons (Fsp3) is 0.667. The average molecular weight is 299 g/mol. The van der Waals surface area contributed by atoms with Gasteiger partial charge in [-0.1, -0.05) is 6.42 Å². The zero-order chi connectivity index (χ0) is 15.1. The molecule has 1 aromatic heterocycles. The lowest BCUT2D eigenvalue weighted by molar-refractivity contribution is 0.0915. The van der Waals surface area contributed by atoms with Crippen LogP contribution in [-0.2, 0) is 0 Å². The number of nitrogens with one attached hydrogen (secondary N) is 2. The normalized spacial score (nSPS) is 31.0. The molecule has 1 heterocycles. The SMILES string of the molecule is CC(NC(=O)c1ccnc(NC2CC2)c1)C1CC2CCC1C2. The van der Waals surface area contributed by atoms with Gasteiger partial charge >= 0.3 is 0 Å². The molecule has 3 aliphatic carbocycles. The van der Waals surface area contributed by atoms with Gasteiger partial charge < -0.3 is 10.6 Å². The minimum atomic E-state index is 0.0384. The number of amides is 1. The van der Waals surface area contributed by atoms with Gasteiger partial charge in [-0.2, -0.15) is 0 Å². The van der Waals surface area contributed by atoms with Crippen molar-refractivity contribution in [2.75, 3.05) is 5.32 Å². The molecule has 4 rings (SSSR count). The highest BCUT2D eigenvalue weighted by Crippen LogP contribution is 2.49. The van der Waals surface area contributed by atoms with E-state index < -0.39 is 0 Å². The van der Waals surface area contributed by atoms with Crippen LogP contribution in [0.3, 0.4) is 0 Å². The molecule has 0 saturated heterocycles. The number of carbonyl (C=O) groups is 1. The van der Waals surface area contributed by atoms with Crippen LogP contribution in [0, 0.1) is 17.8 Å². The Bertz CT molecular complexity index is 569. The first-order valence-electron chi connectivity index (χ1n) is 8.72. The van der Waals surface area contributed by atoms with Crippen LogP contribution in [0.5, 0.6) is 0 Å². The van der Waals surface area contributed by atoms with E-state index in [1.807, 2.05) is 6.07 Å². The zero-order valence-electron chi connectivity index (χ0n) is 13.2. The molecule has 3 fully saturated rings. The molecule has 3 aliphatic rings. The number of rotatable bonds is 5. The number of hydrogen-bond acceptors (Lipinski definition) is 3. The van der Waals surface area contributed by atoms with Crippen molar-refractivity contribution in [3.8, 4) is 0 Å². The molecule has 2 bridgehead atoms. The van der Waals surface area contributed by atoms with Gasteiger partial charge in [-0.05, 0) is 68.9 Å². The summed E-state index contributed by atoms with van der Waals surface area (Å²) in [5.41, 5.74) is 0.716. The third-order valence-electron chi connectivity index (χ3n) is 5.75. The van der Waals surface area contributed by atoms with Crippen molar-refractivity contribution >= 4 is 11.7 Å². The van der Waals surface area contributed by atoms with Crippen LogP contribution in [0.25, 0.3) is 0 Å². The summed E-state index contributed by atoms with van der Waals surface area (Å²) in [6.45, 7) is 2.17. The summed E-state index contributed by atoms with van der Waals surface area (Å²) in [6, 6.07) is 4.51. The van der Waals surface area contributed by atoms with Crippen molar-refractivity contribution in [1.82, 2.24) is 10.3 Å². The van der Waals surface area contributed by atoms with Crippen molar-refractivity contribution in [3.05, 3.63) is 23.9 Å². The van der Waals surface area contributed by atoms with Gasteiger partial charge in [0.05, 0.1) is 0 Å². The quantitative estimate of drug-likeness (QED) is 0.878. The van der Waals surface area contributed by atoms with Crippen molar-refractivity contribution < 1.29 is 4.79 Å². The molecule has 0 spiro atoms. The molecule has 118 valence electrons. The van der Waals surface area contributed by atoms with Crippen LogP contribution < -0.4 is 10.6 Å². The number of hydrogen-bond donors (Lipinski definition) is 2. The minimum Gasteiger partial charge on any atom is -0.367 e. The van der Waals surface area contributed by atoms with Crippen LogP contribution in [0.15, 0.2) is 18.3 Å². The Morgan fingerprint density at radius 2 is 2.14 bits per heavy atom. The lowest BCUT2D eigenvalue weighted by Gasteiger charge is -2.28. The lowest BCUT2D eigenvalue weighted by atomic mass is 9.84. The van der Waals surface area contributed by atoms with E-state index in [4.69, 9.17) is 0 Å². The van der Waals surface area contributed by atoms with E-state index in [0.717, 1.165) is 17.7 Å². The lowest BCUT2D eigenvalue weighted by Crippen LogP contribution is -2.40. The largest absolute Gasteiger partial charge is 0.367 e. The van der Waals surface area contributed by atoms with Gasteiger partial charge in [0.15, 0.2) is 0 Å². The molecule has 0 aromatic carbocycles. The maximum atomic E-state index is 12.5. The van der Waals surface area contributed by atoms with Gasteiger partial charge in [0, 0.05) is 23.8 Å². The zero-order valence-corrected chi connectivity index (χ0v) is 13.2. The second-order valence-corrected chi connectivity index (χ2v) is 7.45. The van der Waals surface area contributed by atoms with E-state index in [1.54, 1.807) is 12.3 Å². The monoisotopic (exact) mass is 299 g/mol. The third kappa shape index (κ3) is 2.83. The van der Waals surface area contributed by atoms with Gasteiger partial charge in [-0.15, -0.1) is 0 Å². The van der Waals surface area contributed by atoms with Crippen LogP contribution in [0.1, 0.15) is 55.8 Å². The van der Waals surface area contributed by atoms with Gasteiger partial charge in [-0.25, -0.2) is 4.98 Å². The Morgan fingerprint density at radius 3 is 2.82 bits per heavy atom. The molecule has 4 atom stereocenters. The Labute approximate surface area is 132 Å². The summed E-state index contributed by atoms with van der Waals surface area (Å²) in [5, 5.41) is 6.58. The average Bonchev–Trinajstić information content (AvgIpc) is 3.08. The molecule has 3 saturated carbocycles. The molecule has 4 heteroatoms. The summed E-state index contributed by atoms with van der Waals surface area (Å²) in [6.07, 6.45) is 9.59. The van der Waals surface area contributed by atoms with Crippen LogP contribution in [0.2, 0.25) is 0 Å². The van der Waals surface area contributed by atoms with Crippen molar-refractivity contribution in [3.63, 3.8) is 0 Å². The summed E-state index contributed by atoms with van der Waals surface area (Å²) < 4.78 is 0. The van der Waals surface area contributed by atoms with E-state index in [2.05, 4.69) is 22.5 Å². The highest BCUT2D eigenvalue weighted by atomic mass is 16.1. The second-order valence-electron chi connectivity index (χ2n) is 7.45. The second kappa shape index (κ2) is 5.56. The third-order valence-corrected chi connectivity index (χ3v) is 5.75. The Hall–Kier alpha value is -1.58. The molecule has 4 nitrogen and oxygen atoms in total. The highest BCUT2D eigenvalue weighted by Gasteiger charge is 2.42. The number of aromatic nitrogens is 1. The molecule has 0 aliphatic heterocycles. The minimum absolute atomic E-state index is 0.0384. The summed E-state index contributed by atoms with van der Waals surface area (Å²) in [7, 11) is 0. The molecule has 1 aromatic rings. The maximum Gasteiger partial charge on any atom is 0.251 e. The van der Waals surface area contributed by atoms with Crippen molar-refractivity contribution in [1.29, 1.82) is 0 Å². The predicted molar refractivity (Wildman–Crippen MR) is 86.7 cm³/mol. The Kier molecular flexibility index (Phi) is 3.55. The van der Waals surface area contributed by atoms with Crippen molar-refractivity contribution in [2.45, 2.75) is 57.5 Å². The molecular formula is C18H25N3O. The topological polar surface area (TPSA) is 54.0 Å². The first-order chi connectivity index (χ1) is 10.7. The molecule has 4 unspecified atom stereocenters. The number of anilines is 1. The van der Waals surface area contributed by atoms with E-state index in [1.165, 1.54) is 38.5 Å². The molecule has 2 N–H and O–H groups in total. The highest BCUT2D eigenvalue weighted by molar-refractivity contribution is 5.95. The van der Waals surface area contributed by atoms with Crippen LogP contribution in [-0.4, -0.2) is 23.0 Å². The molecule has 1 amide bonds.